The maximum atomic E-state index is 8.79. The van der Waals surface area contributed by atoms with Crippen molar-refractivity contribution < 1.29 is 4.74 Å². The van der Waals surface area contributed by atoms with Crippen LogP contribution in [0.15, 0.2) is 18.2 Å². The zero-order valence-electron chi connectivity index (χ0n) is 8.79. The Kier molecular flexibility index (Phi) is 5.66. The van der Waals surface area contributed by atoms with E-state index in [0.29, 0.717) is 0 Å². The van der Waals surface area contributed by atoms with Gasteiger partial charge in [-0.2, -0.15) is 5.26 Å². The van der Waals surface area contributed by atoms with E-state index in [-0.39, 0.29) is 0 Å². The number of rotatable bonds is 5. The topological polar surface area (TPSA) is 33.0 Å². The molecule has 80 valence electrons. The van der Waals surface area contributed by atoms with Crippen molar-refractivity contribution in [2.45, 2.75) is 19.8 Å². The minimum atomic E-state index is 0.738. The van der Waals surface area contributed by atoms with Crippen LogP contribution in [0.4, 0.5) is 0 Å². The van der Waals surface area contributed by atoms with Crippen molar-refractivity contribution in [2.75, 3.05) is 13.2 Å². The standard InChI is InChI=1S/C12H14INO/c1-2-15-7-3-4-11-8-10(9-14)5-6-12(11)13/h5-6,8H,2-4,7H2,1H3. The first kappa shape index (κ1) is 12.5. The summed E-state index contributed by atoms with van der Waals surface area (Å²) in [5.41, 5.74) is 1.98. The molecule has 0 N–H and O–H groups in total. The van der Waals surface area contributed by atoms with Gasteiger partial charge in [0.25, 0.3) is 0 Å². The van der Waals surface area contributed by atoms with Crippen LogP contribution < -0.4 is 0 Å². The second-order valence-corrected chi connectivity index (χ2v) is 4.38. The number of aryl methyl sites for hydroxylation is 1. The number of hydrogen-bond donors (Lipinski definition) is 0. The van der Waals surface area contributed by atoms with E-state index in [0.717, 1.165) is 31.6 Å². The van der Waals surface area contributed by atoms with Gasteiger partial charge in [0.2, 0.25) is 0 Å². The van der Waals surface area contributed by atoms with Crippen LogP contribution in [-0.4, -0.2) is 13.2 Å². The minimum absolute atomic E-state index is 0.738. The molecular formula is C12H14INO. The Balaban J connectivity index is 2.56. The molecule has 0 spiro atoms. The molecule has 1 aromatic rings. The highest BCUT2D eigenvalue weighted by Crippen LogP contribution is 2.15. The molecule has 0 saturated heterocycles. The van der Waals surface area contributed by atoms with Crippen LogP contribution in [0.3, 0.4) is 0 Å². The fourth-order valence-corrected chi connectivity index (χ4v) is 1.95. The molecule has 0 radical (unpaired) electrons. The summed E-state index contributed by atoms with van der Waals surface area (Å²) in [6, 6.07) is 7.98. The van der Waals surface area contributed by atoms with Gasteiger partial charge in [-0.25, -0.2) is 0 Å². The van der Waals surface area contributed by atoms with Crippen molar-refractivity contribution in [2.24, 2.45) is 0 Å². The van der Waals surface area contributed by atoms with E-state index in [4.69, 9.17) is 10.00 Å². The van der Waals surface area contributed by atoms with E-state index in [2.05, 4.69) is 28.7 Å². The number of nitriles is 1. The molecular weight excluding hydrogens is 301 g/mol. The van der Waals surface area contributed by atoms with E-state index in [1.54, 1.807) is 0 Å². The van der Waals surface area contributed by atoms with Gasteiger partial charge in [0.05, 0.1) is 11.6 Å². The van der Waals surface area contributed by atoms with E-state index in [1.165, 1.54) is 9.13 Å². The molecule has 15 heavy (non-hydrogen) atoms. The molecule has 0 fully saturated rings. The highest BCUT2D eigenvalue weighted by molar-refractivity contribution is 14.1. The third-order valence-electron chi connectivity index (χ3n) is 2.11. The van der Waals surface area contributed by atoms with Gasteiger partial charge in [0, 0.05) is 16.8 Å². The lowest BCUT2D eigenvalue weighted by Gasteiger charge is -2.05. The zero-order valence-corrected chi connectivity index (χ0v) is 11.0. The molecule has 0 bridgehead atoms. The first-order chi connectivity index (χ1) is 7.27. The van der Waals surface area contributed by atoms with Crippen LogP contribution in [0.1, 0.15) is 24.5 Å². The number of hydrogen-bond acceptors (Lipinski definition) is 2. The fraction of sp³-hybridized carbons (Fsp3) is 0.417. The summed E-state index contributed by atoms with van der Waals surface area (Å²) in [6.45, 7) is 3.57. The molecule has 0 aliphatic heterocycles. The van der Waals surface area contributed by atoms with Crippen molar-refractivity contribution in [1.82, 2.24) is 0 Å². The van der Waals surface area contributed by atoms with Crippen molar-refractivity contribution in [3.05, 3.63) is 32.9 Å². The van der Waals surface area contributed by atoms with Gasteiger partial charge in [-0.1, -0.05) is 0 Å². The molecule has 3 heteroatoms. The van der Waals surface area contributed by atoms with Crippen molar-refractivity contribution in [3.8, 4) is 6.07 Å². The molecule has 0 unspecified atom stereocenters. The maximum absolute atomic E-state index is 8.79. The minimum Gasteiger partial charge on any atom is -0.382 e. The normalized spacial score (nSPS) is 9.93. The lowest BCUT2D eigenvalue weighted by Crippen LogP contribution is -1.97. The smallest absolute Gasteiger partial charge is 0.0991 e. The SMILES string of the molecule is CCOCCCc1cc(C#N)ccc1I. The van der Waals surface area contributed by atoms with Gasteiger partial charge >= 0.3 is 0 Å². The van der Waals surface area contributed by atoms with Gasteiger partial charge in [-0.15, -0.1) is 0 Å². The molecule has 0 aromatic heterocycles. The van der Waals surface area contributed by atoms with Gasteiger partial charge in [-0.05, 0) is 66.1 Å². The van der Waals surface area contributed by atoms with Gasteiger partial charge in [-0.3, -0.25) is 0 Å². The van der Waals surface area contributed by atoms with Gasteiger partial charge in [0.15, 0.2) is 0 Å². The fourth-order valence-electron chi connectivity index (χ4n) is 1.34. The summed E-state index contributed by atoms with van der Waals surface area (Å²) in [4.78, 5) is 0. The Morgan fingerprint density at radius 3 is 2.93 bits per heavy atom. The van der Waals surface area contributed by atoms with E-state index in [1.807, 2.05) is 25.1 Å². The Morgan fingerprint density at radius 1 is 1.47 bits per heavy atom. The molecule has 1 rings (SSSR count). The van der Waals surface area contributed by atoms with Crippen LogP contribution in [-0.2, 0) is 11.2 Å². The summed E-state index contributed by atoms with van der Waals surface area (Å²) in [5, 5.41) is 8.79. The summed E-state index contributed by atoms with van der Waals surface area (Å²) >= 11 is 2.30. The van der Waals surface area contributed by atoms with Crippen molar-refractivity contribution >= 4 is 22.6 Å². The summed E-state index contributed by atoms with van der Waals surface area (Å²) in [5.74, 6) is 0. The lowest BCUT2D eigenvalue weighted by molar-refractivity contribution is 0.145. The molecule has 0 atom stereocenters. The molecule has 0 saturated carbocycles. The number of ether oxygens (including phenoxy) is 1. The van der Waals surface area contributed by atoms with Crippen LogP contribution in [0, 0.1) is 14.9 Å². The third-order valence-corrected chi connectivity index (χ3v) is 3.17. The highest BCUT2D eigenvalue weighted by atomic mass is 127. The molecule has 0 aliphatic rings. The largest absolute Gasteiger partial charge is 0.382 e. The number of nitrogens with zero attached hydrogens (tertiary/aromatic N) is 1. The van der Waals surface area contributed by atoms with E-state index < -0.39 is 0 Å². The molecule has 1 aromatic carbocycles. The predicted molar refractivity (Wildman–Crippen MR) is 68.7 cm³/mol. The Bertz CT molecular complexity index is 357. The summed E-state index contributed by atoms with van der Waals surface area (Å²) in [7, 11) is 0. The van der Waals surface area contributed by atoms with Crippen LogP contribution in [0.25, 0.3) is 0 Å². The van der Waals surface area contributed by atoms with Gasteiger partial charge in [0.1, 0.15) is 0 Å². The second kappa shape index (κ2) is 6.81. The molecule has 0 heterocycles. The number of benzene rings is 1. The quantitative estimate of drug-likeness (QED) is 0.618. The highest BCUT2D eigenvalue weighted by Gasteiger charge is 2.01. The average molecular weight is 315 g/mol. The Morgan fingerprint density at radius 2 is 2.27 bits per heavy atom. The predicted octanol–water partition coefficient (Wildman–Crippen LogP) is 3.13. The monoisotopic (exact) mass is 315 g/mol. The van der Waals surface area contributed by atoms with E-state index >= 15 is 0 Å². The first-order valence-corrected chi connectivity index (χ1v) is 6.12. The third kappa shape index (κ3) is 4.18. The van der Waals surface area contributed by atoms with Crippen LogP contribution >= 0.6 is 22.6 Å². The summed E-state index contributed by atoms with van der Waals surface area (Å²) in [6.07, 6.45) is 1.99. The van der Waals surface area contributed by atoms with Crippen molar-refractivity contribution in [3.63, 3.8) is 0 Å². The zero-order chi connectivity index (χ0) is 11.1. The second-order valence-electron chi connectivity index (χ2n) is 3.22. The molecule has 0 amide bonds. The van der Waals surface area contributed by atoms with Crippen LogP contribution in [0.2, 0.25) is 0 Å². The summed E-state index contributed by atoms with van der Waals surface area (Å²) < 4.78 is 6.51. The maximum Gasteiger partial charge on any atom is 0.0991 e. The Labute approximate surface area is 104 Å². The average Bonchev–Trinajstić information content (AvgIpc) is 2.26. The lowest BCUT2D eigenvalue weighted by atomic mass is 10.1. The molecule has 0 aliphatic carbocycles. The van der Waals surface area contributed by atoms with Crippen molar-refractivity contribution in [1.29, 1.82) is 5.26 Å². The first-order valence-electron chi connectivity index (χ1n) is 5.04. The van der Waals surface area contributed by atoms with Gasteiger partial charge < -0.3 is 4.74 Å². The number of halogens is 1. The molecule has 2 nitrogen and oxygen atoms in total. The van der Waals surface area contributed by atoms with Crippen LogP contribution in [0.5, 0.6) is 0 Å². The van der Waals surface area contributed by atoms with E-state index in [9.17, 15) is 0 Å². The Hall–Kier alpha value is -0.600.